The highest BCUT2D eigenvalue weighted by Gasteiger charge is 2.35. The first-order valence-electron chi connectivity index (χ1n) is 10.8. The Bertz CT molecular complexity index is 665. The van der Waals surface area contributed by atoms with Crippen LogP contribution in [0.4, 0.5) is 5.69 Å². The van der Waals surface area contributed by atoms with Crippen LogP contribution in [0.25, 0.3) is 0 Å². The van der Waals surface area contributed by atoms with Crippen molar-refractivity contribution in [1.29, 1.82) is 0 Å². The molecule has 1 N–H and O–H groups in total. The van der Waals surface area contributed by atoms with Gasteiger partial charge >= 0.3 is 0 Å². The van der Waals surface area contributed by atoms with E-state index >= 15 is 0 Å². The van der Waals surface area contributed by atoms with Crippen molar-refractivity contribution < 1.29 is 9.47 Å². The average molecular weight is 404 g/mol. The molecule has 1 aromatic carbocycles. The van der Waals surface area contributed by atoms with E-state index in [0.717, 1.165) is 77.0 Å². The first kappa shape index (κ1) is 21.7. The van der Waals surface area contributed by atoms with Gasteiger partial charge in [-0.25, -0.2) is 0 Å². The molecule has 2 fully saturated rings. The lowest BCUT2D eigenvalue weighted by Gasteiger charge is -2.42. The molecule has 2 saturated heterocycles. The van der Waals surface area contributed by atoms with E-state index in [1.807, 2.05) is 12.1 Å². The lowest BCUT2D eigenvalue weighted by atomic mass is 9.89. The van der Waals surface area contributed by atoms with Gasteiger partial charge in [-0.3, -0.25) is 4.99 Å². The van der Waals surface area contributed by atoms with E-state index in [4.69, 9.17) is 14.5 Å². The molecule has 29 heavy (non-hydrogen) atoms. The van der Waals surface area contributed by atoms with E-state index in [0.29, 0.717) is 0 Å². The van der Waals surface area contributed by atoms with Crippen LogP contribution in [-0.4, -0.2) is 95.0 Å². The van der Waals surface area contributed by atoms with Gasteiger partial charge in [-0.2, -0.15) is 0 Å². The minimum Gasteiger partial charge on any atom is -0.495 e. The Labute approximate surface area is 175 Å². The molecule has 3 rings (SSSR count). The summed E-state index contributed by atoms with van der Waals surface area (Å²) < 4.78 is 11.1. The Balaban J connectivity index is 1.66. The summed E-state index contributed by atoms with van der Waals surface area (Å²) in [6.07, 6.45) is 2.06. The maximum absolute atomic E-state index is 5.60. The molecule has 0 unspecified atom stereocenters. The second-order valence-corrected chi connectivity index (χ2v) is 8.05. The SMILES string of the molecule is CCNC(=NCC1(N(C)C)CCOCC1)N1CCN(c2ccccc2OC)CC1. The number of methoxy groups -OCH3 is 1. The van der Waals surface area contributed by atoms with Gasteiger partial charge in [0.1, 0.15) is 5.75 Å². The molecular weight excluding hydrogens is 366 g/mol. The topological polar surface area (TPSA) is 52.6 Å². The summed E-state index contributed by atoms with van der Waals surface area (Å²) in [7, 11) is 6.07. The summed E-state index contributed by atoms with van der Waals surface area (Å²) >= 11 is 0. The standard InChI is InChI=1S/C22H37N5O2/c1-5-23-21(24-18-22(25(2)3)10-16-29-17-11-22)27-14-12-26(13-15-27)19-8-6-7-9-20(19)28-4/h6-9H,5,10-18H2,1-4H3,(H,23,24). The van der Waals surface area contributed by atoms with Gasteiger partial charge in [0.15, 0.2) is 5.96 Å². The van der Waals surface area contributed by atoms with Crippen molar-refractivity contribution in [2.75, 3.05) is 78.6 Å². The molecule has 0 spiro atoms. The molecule has 0 saturated carbocycles. The summed E-state index contributed by atoms with van der Waals surface area (Å²) in [5.41, 5.74) is 1.27. The molecule has 0 atom stereocenters. The van der Waals surface area contributed by atoms with Crippen LogP contribution in [0.2, 0.25) is 0 Å². The van der Waals surface area contributed by atoms with E-state index in [2.05, 4.69) is 53.2 Å². The van der Waals surface area contributed by atoms with Crippen LogP contribution < -0.4 is 15.0 Å². The van der Waals surface area contributed by atoms with Crippen molar-refractivity contribution in [2.24, 2.45) is 4.99 Å². The highest BCUT2D eigenvalue weighted by Crippen LogP contribution is 2.29. The number of rotatable bonds is 6. The third-order valence-corrected chi connectivity index (χ3v) is 6.24. The van der Waals surface area contributed by atoms with Crippen LogP contribution in [0.5, 0.6) is 5.75 Å². The molecule has 0 aliphatic carbocycles. The molecule has 0 bridgehead atoms. The summed E-state index contributed by atoms with van der Waals surface area (Å²) in [6.45, 7) is 9.27. The summed E-state index contributed by atoms with van der Waals surface area (Å²) in [4.78, 5) is 12.2. The van der Waals surface area contributed by atoms with Crippen LogP contribution >= 0.6 is 0 Å². The van der Waals surface area contributed by atoms with E-state index < -0.39 is 0 Å². The fourth-order valence-corrected chi connectivity index (χ4v) is 4.20. The van der Waals surface area contributed by atoms with E-state index in [1.165, 1.54) is 5.69 Å². The second-order valence-electron chi connectivity index (χ2n) is 8.05. The Morgan fingerprint density at radius 3 is 2.48 bits per heavy atom. The molecule has 2 aliphatic rings. The monoisotopic (exact) mass is 403 g/mol. The first-order chi connectivity index (χ1) is 14.1. The highest BCUT2D eigenvalue weighted by molar-refractivity contribution is 5.80. The molecule has 7 nitrogen and oxygen atoms in total. The molecule has 1 aromatic rings. The van der Waals surface area contributed by atoms with Crippen molar-refractivity contribution in [1.82, 2.24) is 15.1 Å². The van der Waals surface area contributed by atoms with Gasteiger partial charge in [-0.15, -0.1) is 0 Å². The number of anilines is 1. The van der Waals surface area contributed by atoms with Crippen LogP contribution in [0.3, 0.4) is 0 Å². The number of aliphatic imine (C=N–C) groups is 1. The number of hydrogen-bond acceptors (Lipinski definition) is 5. The van der Waals surface area contributed by atoms with Gasteiger partial charge in [0.05, 0.1) is 19.3 Å². The third kappa shape index (κ3) is 5.14. The number of likely N-dealkylation sites (N-methyl/N-ethyl adjacent to an activating group) is 1. The van der Waals surface area contributed by atoms with Crippen LogP contribution in [0.1, 0.15) is 19.8 Å². The minimum absolute atomic E-state index is 0.0954. The molecule has 0 aromatic heterocycles. The summed E-state index contributed by atoms with van der Waals surface area (Å²) in [5.74, 6) is 1.97. The lowest BCUT2D eigenvalue weighted by Crippen LogP contribution is -2.54. The predicted octanol–water partition coefficient (Wildman–Crippen LogP) is 1.89. The normalized spacial score (nSPS) is 20.1. The van der Waals surface area contributed by atoms with E-state index in [9.17, 15) is 0 Å². The Hall–Kier alpha value is -1.99. The van der Waals surface area contributed by atoms with Gasteiger partial charge in [0, 0.05) is 51.5 Å². The maximum atomic E-state index is 5.60. The molecular formula is C22H37N5O2. The average Bonchev–Trinajstić information content (AvgIpc) is 2.77. The van der Waals surface area contributed by atoms with E-state index in [1.54, 1.807) is 7.11 Å². The molecule has 162 valence electrons. The molecule has 0 radical (unpaired) electrons. The van der Waals surface area contributed by atoms with Gasteiger partial charge in [0.25, 0.3) is 0 Å². The largest absolute Gasteiger partial charge is 0.495 e. The van der Waals surface area contributed by atoms with Gasteiger partial charge in [-0.1, -0.05) is 12.1 Å². The zero-order valence-corrected chi connectivity index (χ0v) is 18.5. The Kier molecular flexibility index (Phi) is 7.61. The number of para-hydroxylation sites is 2. The molecule has 7 heteroatoms. The fraction of sp³-hybridized carbons (Fsp3) is 0.682. The molecule has 2 aliphatic heterocycles. The van der Waals surface area contributed by atoms with Crippen molar-refractivity contribution in [3.63, 3.8) is 0 Å². The second kappa shape index (κ2) is 10.2. The number of piperazine rings is 1. The number of benzene rings is 1. The van der Waals surface area contributed by atoms with Crippen LogP contribution in [0.15, 0.2) is 29.3 Å². The highest BCUT2D eigenvalue weighted by atomic mass is 16.5. The van der Waals surface area contributed by atoms with Crippen molar-refractivity contribution in [3.8, 4) is 5.75 Å². The quantitative estimate of drug-likeness (QED) is 0.578. The van der Waals surface area contributed by atoms with Gasteiger partial charge in [-0.05, 0) is 46.0 Å². The number of guanidine groups is 1. The number of ether oxygens (including phenoxy) is 2. The van der Waals surface area contributed by atoms with Crippen molar-refractivity contribution >= 4 is 11.6 Å². The van der Waals surface area contributed by atoms with Crippen molar-refractivity contribution in [2.45, 2.75) is 25.3 Å². The fourth-order valence-electron chi connectivity index (χ4n) is 4.20. The lowest BCUT2D eigenvalue weighted by molar-refractivity contribution is -0.00264. The zero-order chi connectivity index (χ0) is 20.7. The number of hydrogen-bond donors (Lipinski definition) is 1. The Morgan fingerprint density at radius 2 is 1.86 bits per heavy atom. The summed E-state index contributed by atoms with van der Waals surface area (Å²) in [5, 5.41) is 3.51. The smallest absolute Gasteiger partial charge is 0.194 e. The van der Waals surface area contributed by atoms with E-state index in [-0.39, 0.29) is 5.54 Å². The predicted molar refractivity (Wildman–Crippen MR) is 119 cm³/mol. The van der Waals surface area contributed by atoms with Crippen LogP contribution in [0, 0.1) is 0 Å². The van der Waals surface area contributed by atoms with Gasteiger partial charge < -0.3 is 29.5 Å². The zero-order valence-electron chi connectivity index (χ0n) is 18.5. The maximum Gasteiger partial charge on any atom is 0.194 e. The summed E-state index contributed by atoms with van der Waals surface area (Å²) in [6, 6.07) is 8.26. The number of nitrogens with one attached hydrogen (secondary N) is 1. The van der Waals surface area contributed by atoms with Crippen LogP contribution in [-0.2, 0) is 4.74 Å². The van der Waals surface area contributed by atoms with Crippen molar-refractivity contribution in [3.05, 3.63) is 24.3 Å². The number of nitrogens with zero attached hydrogens (tertiary/aromatic N) is 4. The third-order valence-electron chi connectivity index (χ3n) is 6.24. The molecule has 0 amide bonds. The first-order valence-corrected chi connectivity index (χ1v) is 10.8. The Morgan fingerprint density at radius 1 is 1.17 bits per heavy atom. The molecule has 2 heterocycles. The minimum atomic E-state index is 0.0954. The van der Waals surface area contributed by atoms with Gasteiger partial charge in [0.2, 0.25) is 0 Å².